The summed E-state index contributed by atoms with van der Waals surface area (Å²) in [5.74, 6) is 1.14. The van der Waals surface area contributed by atoms with Gasteiger partial charge in [0.05, 0.1) is 18.0 Å². The normalized spacial score (nSPS) is 28.8. The highest BCUT2D eigenvalue weighted by molar-refractivity contribution is 5.99. The molecule has 1 saturated carbocycles. The van der Waals surface area contributed by atoms with Crippen LogP contribution in [0.3, 0.4) is 0 Å². The van der Waals surface area contributed by atoms with E-state index in [1.165, 1.54) is 0 Å². The number of aryl methyl sites for hydroxylation is 1. The van der Waals surface area contributed by atoms with Gasteiger partial charge in [0.15, 0.2) is 5.96 Å². The van der Waals surface area contributed by atoms with E-state index in [1.54, 1.807) is 4.90 Å². The van der Waals surface area contributed by atoms with Crippen molar-refractivity contribution in [2.24, 2.45) is 22.6 Å². The van der Waals surface area contributed by atoms with E-state index in [4.69, 9.17) is 10.5 Å². The molecule has 3 N–H and O–H groups in total. The number of ether oxygens (including phenoxy) is 1. The number of fused-ring (bicyclic) bond motifs is 1. The van der Waals surface area contributed by atoms with Crippen molar-refractivity contribution >= 4 is 17.8 Å². The molecule has 0 saturated heterocycles. The van der Waals surface area contributed by atoms with E-state index in [9.17, 15) is 9.59 Å². The van der Waals surface area contributed by atoms with Crippen molar-refractivity contribution in [1.29, 1.82) is 0 Å². The number of aliphatic imine (C=N–C) groups is 1. The van der Waals surface area contributed by atoms with E-state index in [1.807, 2.05) is 46.8 Å². The van der Waals surface area contributed by atoms with Crippen LogP contribution in [0.25, 0.3) is 0 Å². The van der Waals surface area contributed by atoms with Gasteiger partial charge in [-0.15, -0.1) is 0 Å². The molecule has 7 nitrogen and oxygen atoms in total. The van der Waals surface area contributed by atoms with E-state index in [-0.39, 0.29) is 41.3 Å². The average Bonchev–Trinajstić information content (AvgIpc) is 3.37. The number of hydrogen-bond acceptors (Lipinski definition) is 5. The van der Waals surface area contributed by atoms with E-state index in [0.29, 0.717) is 19.4 Å². The summed E-state index contributed by atoms with van der Waals surface area (Å²) in [6.45, 7) is 10.4. The molecule has 2 aliphatic heterocycles. The van der Waals surface area contributed by atoms with Gasteiger partial charge in [-0.1, -0.05) is 17.7 Å². The number of nitrogens with one attached hydrogen (secondary N) is 1. The van der Waals surface area contributed by atoms with Crippen molar-refractivity contribution in [3.63, 3.8) is 0 Å². The monoisotopic (exact) mass is 412 g/mol. The van der Waals surface area contributed by atoms with E-state index in [0.717, 1.165) is 23.3 Å². The number of benzene rings is 1. The van der Waals surface area contributed by atoms with Crippen LogP contribution in [0.2, 0.25) is 0 Å². The van der Waals surface area contributed by atoms with Gasteiger partial charge < -0.3 is 15.8 Å². The van der Waals surface area contributed by atoms with Gasteiger partial charge >= 0.3 is 0 Å². The molecule has 0 radical (unpaired) electrons. The van der Waals surface area contributed by atoms with Gasteiger partial charge in [-0.05, 0) is 53.0 Å². The lowest BCUT2D eigenvalue weighted by atomic mass is 9.89. The molecule has 7 heteroatoms. The summed E-state index contributed by atoms with van der Waals surface area (Å²) in [7, 11) is 0. The van der Waals surface area contributed by atoms with Crippen LogP contribution in [-0.2, 0) is 9.59 Å². The second-order valence-corrected chi connectivity index (χ2v) is 10.2. The zero-order valence-corrected chi connectivity index (χ0v) is 18.5. The molecule has 3 aliphatic rings. The summed E-state index contributed by atoms with van der Waals surface area (Å²) in [6.07, 6.45) is 1.82. The second kappa shape index (κ2) is 7.00. The topological polar surface area (TPSA) is 97.0 Å². The second-order valence-electron chi connectivity index (χ2n) is 10.2. The van der Waals surface area contributed by atoms with E-state index >= 15 is 0 Å². The maximum Gasteiger partial charge on any atom is 0.231 e. The summed E-state index contributed by atoms with van der Waals surface area (Å²) in [5, 5.41) is 3.24. The zero-order chi connectivity index (χ0) is 21.8. The molecule has 0 unspecified atom stereocenters. The zero-order valence-electron chi connectivity index (χ0n) is 18.5. The van der Waals surface area contributed by atoms with E-state index in [2.05, 4.69) is 16.4 Å². The number of guanidine groups is 1. The van der Waals surface area contributed by atoms with Gasteiger partial charge in [-0.25, -0.2) is 4.99 Å². The van der Waals surface area contributed by atoms with Crippen molar-refractivity contribution < 1.29 is 14.3 Å². The first kappa shape index (κ1) is 20.7. The number of nitrogens with two attached hydrogens (primary N) is 1. The van der Waals surface area contributed by atoms with Crippen molar-refractivity contribution in [1.82, 2.24) is 10.2 Å². The largest absolute Gasteiger partial charge is 0.487 e. The first-order chi connectivity index (χ1) is 13.9. The maximum atomic E-state index is 13.0. The molecule has 3 atom stereocenters. The fourth-order valence-corrected chi connectivity index (χ4v) is 4.59. The van der Waals surface area contributed by atoms with Crippen LogP contribution in [0.5, 0.6) is 5.75 Å². The molecule has 0 bridgehead atoms. The molecule has 1 aromatic rings. The van der Waals surface area contributed by atoms with Crippen molar-refractivity contribution in [3.05, 3.63) is 29.3 Å². The van der Waals surface area contributed by atoms with Crippen LogP contribution in [-0.4, -0.2) is 40.4 Å². The summed E-state index contributed by atoms with van der Waals surface area (Å²) >= 11 is 0. The lowest BCUT2D eigenvalue weighted by Gasteiger charge is -2.38. The molecule has 2 heterocycles. The van der Waals surface area contributed by atoms with Gasteiger partial charge in [0.25, 0.3) is 0 Å². The Morgan fingerprint density at radius 2 is 2.07 bits per heavy atom. The predicted octanol–water partition coefficient (Wildman–Crippen LogP) is 2.68. The molecule has 2 amide bonds. The Morgan fingerprint density at radius 1 is 1.33 bits per heavy atom. The summed E-state index contributed by atoms with van der Waals surface area (Å²) in [5.41, 5.74) is 7.40. The minimum absolute atomic E-state index is 0.0193. The molecule has 0 spiro atoms. The standard InChI is InChI=1S/C23H32N4O3/c1-13-6-7-18-16(8-13)17(10-23(4,5)30-18)25-20(29)15-9-14(15)12-27-19(28)11-22(2,3)26-21(27)24/h6-8,14-15,17H,9-12H2,1-5H3,(H2,24,26)(H,25,29)/t14-,15+,17+/m1/s1. The molecule has 1 aliphatic carbocycles. The van der Waals surface area contributed by atoms with E-state index < -0.39 is 5.54 Å². The van der Waals surface area contributed by atoms with Crippen LogP contribution >= 0.6 is 0 Å². The quantitative estimate of drug-likeness (QED) is 0.794. The fourth-order valence-electron chi connectivity index (χ4n) is 4.59. The van der Waals surface area contributed by atoms with Crippen LogP contribution in [0.1, 0.15) is 64.1 Å². The lowest BCUT2D eigenvalue weighted by molar-refractivity contribution is -0.130. The smallest absolute Gasteiger partial charge is 0.231 e. The minimum atomic E-state index is -0.459. The minimum Gasteiger partial charge on any atom is -0.487 e. The first-order valence-corrected chi connectivity index (χ1v) is 10.7. The van der Waals surface area contributed by atoms with Crippen molar-refractivity contribution in [3.8, 4) is 5.75 Å². The number of amides is 2. The number of hydrogen-bond donors (Lipinski definition) is 2. The third-order valence-corrected chi connectivity index (χ3v) is 6.19. The molecule has 0 aromatic heterocycles. The highest BCUT2D eigenvalue weighted by atomic mass is 16.5. The van der Waals surface area contributed by atoms with Crippen LogP contribution in [0.4, 0.5) is 0 Å². The van der Waals surface area contributed by atoms with Crippen LogP contribution in [0, 0.1) is 18.8 Å². The Balaban J connectivity index is 1.42. The van der Waals surface area contributed by atoms with Gasteiger partial charge in [-0.3, -0.25) is 14.5 Å². The molecule has 30 heavy (non-hydrogen) atoms. The third-order valence-electron chi connectivity index (χ3n) is 6.19. The number of rotatable bonds is 4. The highest BCUT2D eigenvalue weighted by Gasteiger charge is 2.47. The Bertz CT molecular complexity index is 921. The predicted molar refractivity (Wildman–Crippen MR) is 115 cm³/mol. The maximum absolute atomic E-state index is 13.0. The summed E-state index contributed by atoms with van der Waals surface area (Å²) in [4.78, 5) is 31.4. The Hall–Kier alpha value is -2.57. The third kappa shape index (κ3) is 4.16. The van der Waals surface area contributed by atoms with Gasteiger partial charge in [0.1, 0.15) is 11.4 Å². The van der Waals surface area contributed by atoms with Gasteiger partial charge in [-0.2, -0.15) is 0 Å². The SMILES string of the molecule is Cc1ccc2c(c1)[C@@H](NC(=O)[C@H]1C[C@@H]1CN1C(=O)CC(C)(C)N=C1N)CC(C)(C)O2. The van der Waals surface area contributed by atoms with Crippen molar-refractivity contribution in [2.75, 3.05) is 6.54 Å². The fraction of sp³-hybridized carbons (Fsp3) is 0.609. The molecule has 4 rings (SSSR count). The summed E-state index contributed by atoms with van der Waals surface area (Å²) < 4.78 is 6.10. The van der Waals surface area contributed by atoms with Crippen LogP contribution in [0.15, 0.2) is 23.2 Å². The molecule has 162 valence electrons. The van der Waals surface area contributed by atoms with Crippen LogP contribution < -0.4 is 15.8 Å². The molecular weight excluding hydrogens is 380 g/mol. The Kier molecular flexibility index (Phi) is 4.83. The Morgan fingerprint density at radius 3 is 2.77 bits per heavy atom. The molecule has 1 aromatic carbocycles. The highest BCUT2D eigenvalue weighted by Crippen LogP contribution is 2.43. The first-order valence-electron chi connectivity index (χ1n) is 10.7. The number of carbonyl (C=O) groups excluding carboxylic acids is 2. The van der Waals surface area contributed by atoms with Gasteiger partial charge in [0, 0.05) is 24.4 Å². The van der Waals surface area contributed by atoms with Crippen molar-refractivity contribution in [2.45, 2.75) is 71.1 Å². The van der Waals surface area contributed by atoms with Gasteiger partial charge in [0.2, 0.25) is 11.8 Å². The average molecular weight is 413 g/mol. The Labute approximate surface area is 178 Å². The summed E-state index contributed by atoms with van der Waals surface area (Å²) in [6, 6.07) is 6.02. The lowest BCUT2D eigenvalue weighted by Crippen LogP contribution is -2.50. The number of carbonyl (C=O) groups is 2. The molecular formula is C23H32N4O3. The number of nitrogens with zero attached hydrogens (tertiary/aromatic N) is 2. The molecule has 1 fully saturated rings.